The van der Waals surface area contributed by atoms with Crippen LogP contribution in [0.25, 0.3) is 0 Å². The second-order valence-corrected chi connectivity index (χ2v) is 6.48. The summed E-state index contributed by atoms with van der Waals surface area (Å²) in [6, 6.07) is 2.92. The molecule has 1 N–H and O–H groups in total. The Morgan fingerprint density at radius 3 is 2.60 bits per heavy atom. The summed E-state index contributed by atoms with van der Waals surface area (Å²) in [5.41, 5.74) is 0.765. The van der Waals surface area contributed by atoms with Crippen molar-refractivity contribution in [3.8, 4) is 0 Å². The van der Waals surface area contributed by atoms with E-state index in [-0.39, 0.29) is 11.1 Å². The van der Waals surface area contributed by atoms with E-state index in [0.717, 1.165) is 25.2 Å². The zero-order valence-corrected chi connectivity index (χ0v) is 13.4. The summed E-state index contributed by atoms with van der Waals surface area (Å²) in [7, 11) is 2.16. The third-order valence-corrected chi connectivity index (χ3v) is 4.67. The first kappa shape index (κ1) is 16.0. The van der Waals surface area contributed by atoms with Crippen molar-refractivity contribution in [1.82, 2.24) is 10.2 Å². The van der Waals surface area contributed by atoms with Crippen LogP contribution in [0.5, 0.6) is 0 Å². The van der Waals surface area contributed by atoms with Gasteiger partial charge in [-0.25, -0.2) is 4.39 Å². The van der Waals surface area contributed by atoms with Gasteiger partial charge in [0, 0.05) is 11.1 Å². The Morgan fingerprint density at radius 1 is 1.30 bits per heavy atom. The highest BCUT2D eigenvalue weighted by Gasteiger charge is 2.18. The van der Waals surface area contributed by atoms with E-state index in [9.17, 15) is 4.39 Å². The molecule has 0 radical (unpaired) electrons. The van der Waals surface area contributed by atoms with Crippen molar-refractivity contribution < 1.29 is 4.39 Å². The SMILES string of the molecule is CC(NCC1CCN(C)CC1)c1cc(F)c(Cl)cc1Cl. The van der Waals surface area contributed by atoms with Crippen LogP contribution in [0.2, 0.25) is 10.0 Å². The van der Waals surface area contributed by atoms with E-state index in [0.29, 0.717) is 10.9 Å². The molecule has 1 aromatic rings. The lowest BCUT2D eigenvalue weighted by molar-refractivity contribution is 0.213. The summed E-state index contributed by atoms with van der Waals surface area (Å²) >= 11 is 11.9. The molecule has 0 saturated carbocycles. The lowest BCUT2D eigenvalue weighted by Crippen LogP contribution is -2.35. The zero-order valence-electron chi connectivity index (χ0n) is 11.9. The lowest BCUT2D eigenvalue weighted by Gasteiger charge is -2.30. The molecule has 1 aliphatic rings. The quantitative estimate of drug-likeness (QED) is 0.840. The molecular formula is C15H21Cl2FN2. The van der Waals surface area contributed by atoms with Crippen molar-refractivity contribution in [2.75, 3.05) is 26.7 Å². The Balaban J connectivity index is 1.92. The van der Waals surface area contributed by atoms with Gasteiger partial charge in [0.2, 0.25) is 0 Å². The average Bonchev–Trinajstić information content (AvgIpc) is 2.42. The number of nitrogens with zero attached hydrogens (tertiary/aromatic N) is 1. The maximum atomic E-state index is 13.5. The van der Waals surface area contributed by atoms with Crippen LogP contribution in [-0.4, -0.2) is 31.6 Å². The van der Waals surface area contributed by atoms with Crippen molar-refractivity contribution in [3.63, 3.8) is 0 Å². The molecule has 1 fully saturated rings. The predicted octanol–water partition coefficient (Wildman–Crippen LogP) is 4.12. The minimum absolute atomic E-state index is 0.0222. The van der Waals surface area contributed by atoms with E-state index in [1.54, 1.807) is 0 Å². The Kier molecular flexibility index (Phi) is 5.67. The van der Waals surface area contributed by atoms with Gasteiger partial charge in [0.1, 0.15) is 5.82 Å². The van der Waals surface area contributed by atoms with E-state index in [4.69, 9.17) is 23.2 Å². The van der Waals surface area contributed by atoms with E-state index in [1.807, 2.05) is 6.92 Å². The van der Waals surface area contributed by atoms with Gasteiger partial charge in [-0.3, -0.25) is 0 Å². The highest BCUT2D eigenvalue weighted by Crippen LogP contribution is 2.29. The van der Waals surface area contributed by atoms with Crippen LogP contribution >= 0.6 is 23.2 Å². The number of piperidine rings is 1. The molecular weight excluding hydrogens is 298 g/mol. The zero-order chi connectivity index (χ0) is 14.7. The first-order chi connectivity index (χ1) is 9.47. The molecule has 0 aliphatic carbocycles. The summed E-state index contributed by atoms with van der Waals surface area (Å²) < 4.78 is 13.5. The van der Waals surface area contributed by atoms with E-state index in [2.05, 4.69) is 17.3 Å². The molecule has 2 nitrogen and oxygen atoms in total. The Labute approximate surface area is 130 Å². The molecule has 1 heterocycles. The summed E-state index contributed by atoms with van der Waals surface area (Å²) in [6.07, 6.45) is 2.41. The third kappa shape index (κ3) is 4.08. The van der Waals surface area contributed by atoms with Gasteiger partial charge in [0.05, 0.1) is 5.02 Å². The fourth-order valence-electron chi connectivity index (χ4n) is 2.59. The van der Waals surface area contributed by atoms with Crippen LogP contribution in [-0.2, 0) is 0 Å². The smallest absolute Gasteiger partial charge is 0.142 e. The van der Waals surface area contributed by atoms with Gasteiger partial charge >= 0.3 is 0 Å². The molecule has 0 spiro atoms. The molecule has 0 bridgehead atoms. The van der Waals surface area contributed by atoms with Crippen molar-refractivity contribution in [2.45, 2.75) is 25.8 Å². The second kappa shape index (κ2) is 7.08. The van der Waals surface area contributed by atoms with Crippen LogP contribution in [0.1, 0.15) is 31.4 Å². The van der Waals surface area contributed by atoms with E-state index >= 15 is 0 Å². The molecule has 1 saturated heterocycles. The topological polar surface area (TPSA) is 15.3 Å². The maximum absolute atomic E-state index is 13.5. The van der Waals surface area contributed by atoms with Crippen molar-refractivity contribution >= 4 is 23.2 Å². The number of rotatable bonds is 4. The van der Waals surface area contributed by atoms with Crippen LogP contribution < -0.4 is 5.32 Å². The summed E-state index contributed by atoms with van der Waals surface area (Å²) in [5.74, 6) is 0.267. The molecule has 0 aromatic heterocycles. The number of likely N-dealkylation sites (tertiary alicyclic amines) is 1. The molecule has 0 amide bonds. The number of benzene rings is 1. The number of hydrogen-bond acceptors (Lipinski definition) is 2. The van der Waals surface area contributed by atoms with E-state index < -0.39 is 5.82 Å². The monoisotopic (exact) mass is 318 g/mol. The molecule has 20 heavy (non-hydrogen) atoms. The second-order valence-electron chi connectivity index (χ2n) is 5.66. The Morgan fingerprint density at radius 2 is 1.95 bits per heavy atom. The molecule has 5 heteroatoms. The van der Waals surface area contributed by atoms with Gasteiger partial charge in [-0.1, -0.05) is 23.2 Å². The van der Waals surface area contributed by atoms with Crippen molar-refractivity contribution in [3.05, 3.63) is 33.6 Å². The van der Waals surface area contributed by atoms with Crippen LogP contribution in [0.3, 0.4) is 0 Å². The third-order valence-electron chi connectivity index (χ3n) is 4.06. The predicted molar refractivity (Wildman–Crippen MR) is 83.1 cm³/mol. The fourth-order valence-corrected chi connectivity index (χ4v) is 3.14. The van der Waals surface area contributed by atoms with Gasteiger partial charge < -0.3 is 10.2 Å². The lowest BCUT2D eigenvalue weighted by atomic mass is 9.96. The van der Waals surface area contributed by atoms with E-state index in [1.165, 1.54) is 25.0 Å². The van der Waals surface area contributed by atoms with Gasteiger partial charge in [0.25, 0.3) is 0 Å². The molecule has 1 unspecified atom stereocenters. The van der Waals surface area contributed by atoms with Gasteiger partial charge in [-0.05, 0) is 70.1 Å². The standard InChI is InChI=1S/C15H21Cl2FN2/c1-10(12-7-15(18)14(17)8-13(12)16)19-9-11-3-5-20(2)6-4-11/h7-8,10-11,19H,3-6,9H2,1-2H3. The summed E-state index contributed by atoms with van der Waals surface area (Å²) in [4.78, 5) is 2.35. The van der Waals surface area contributed by atoms with Gasteiger partial charge in [-0.15, -0.1) is 0 Å². The number of nitrogens with one attached hydrogen (secondary N) is 1. The largest absolute Gasteiger partial charge is 0.310 e. The molecule has 1 aromatic carbocycles. The average molecular weight is 319 g/mol. The normalized spacial score (nSPS) is 19.2. The van der Waals surface area contributed by atoms with Gasteiger partial charge in [-0.2, -0.15) is 0 Å². The fraction of sp³-hybridized carbons (Fsp3) is 0.600. The molecule has 112 valence electrons. The highest BCUT2D eigenvalue weighted by molar-refractivity contribution is 6.35. The van der Waals surface area contributed by atoms with Crippen molar-refractivity contribution in [1.29, 1.82) is 0 Å². The van der Waals surface area contributed by atoms with Crippen LogP contribution in [0.4, 0.5) is 4.39 Å². The summed E-state index contributed by atoms with van der Waals surface area (Å²) in [6.45, 7) is 5.24. The first-order valence-corrected chi connectivity index (χ1v) is 7.79. The first-order valence-electron chi connectivity index (χ1n) is 7.03. The van der Waals surface area contributed by atoms with Crippen LogP contribution in [0.15, 0.2) is 12.1 Å². The molecule has 1 atom stereocenters. The molecule has 1 aliphatic heterocycles. The Hall–Kier alpha value is -0.350. The number of hydrogen-bond donors (Lipinski definition) is 1. The van der Waals surface area contributed by atoms with Gasteiger partial charge in [0.15, 0.2) is 0 Å². The highest BCUT2D eigenvalue weighted by atomic mass is 35.5. The minimum atomic E-state index is -0.418. The maximum Gasteiger partial charge on any atom is 0.142 e. The van der Waals surface area contributed by atoms with Crippen LogP contribution in [0, 0.1) is 11.7 Å². The molecule has 2 rings (SSSR count). The number of halogens is 3. The Bertz CT molecular complexity index is 459. The summed E-state index contributed by atoms with van der Waals surface area (Å²) in [5, 5.41) is 4.04. The minimum Gasteiger partial charge on any atom is -0.310 e. The van der Waals surface area contributed by atoms with Crippen molar-refractivity contribution in [2.24, 2.45) is 5.92 Å².